The van der Waals surface area contributed by atoms with Crippen molar-refractivity contribution in [3.63, 3.8) is 0 Å². The van der Waals surface area contributed by atoms with Crippen LogP contribution in [0, 0.1) is 0 Å². The molecule has 0 unspecified atom stereocenters. The van der Waals surface area contributed by atoms with E-state index in [9.17, 15) is 13.2 Å². The number of halogens is 3. The molecule has 0 amide bonds. The number of rotatable bonds is 1. The van der Waals surface area contributed by atoms with Gasteiger partial charge >= 0.3 is 6.18 Å². The van der Waals surface area contributed by atoms with Crippen LogP contribution in [0.2, 0.25) is 0 Å². The van der Waals surface area contributed by atoms with Crippen LogP contribution in [0.4, 0.5) is 18.3 Å². The van der Waals surface area contributed by atoms with Crippen molar-refractivity contribution in [1.29, 1.82) is 0 Å². The van der Waals surface area contributed by atoms with Gasteiger partial charge in [0.15, 0.2) is 5.13 Å². The maximum Gasteiger partial charge on any atom is 0.433 e. The summed E-state index contributed by atoms with van der Waals surface area (Å²) in [6.07, 6.45) is -3.39. The molecule has 0 radical (unpaired) electrons. The van der Waals surface area contributed by atoms with Crippen molar-refractivity contribution in [2.24, 2.45) is 0 Å². The predicted octanol–water partition coefficient (Wildman–Crippen LogP) is 2.13. The van der Waals surface area contributed by atoms with Gasteiger partial charge in [0.2, 0.25) is 0 Å². The van der Waals surface area contributed by atoms with Crippen LogP contribution in [0.5, 0.6) is 0 Å². The van der Waals surface area contributed by atoms with Crippen molar-refractivity contribution in [1.82, 2.24) is 15.2 Å². The molecule has 0 saturated heterocycles. The summed E-state index contributed by atoms with van der Waals surface area (Å²) in [7, 11) is 0. The monoisotopic (exact) mass is 234 g/mol. The highest BCUT2D eigenvalue weighted by Gasteiger charge is 2.36. The summed E-state index contributed by atoms with van der Waals surface area (Å²) in [5.74, 6) is 0. The minimum absolute atomic E-state index is 0.0875. The Bertz CT molecular complexity index is 473. The van der Waals surface area contributed by atoms with Gasteiger partial charge in [-0.3, -0.25) is 5.10 Å². The van der Waals surface area contributed by atoms with E-state index in [4.69, 9.17) is 5.73 Å². The van der Waals surface area contributed by atoms with Crippen LogP contribution in [0.25, 0.3) is 11.3 Å². The minimum atomic E-state index is -4.47. The lowest BCUT2D eigenvalue weighted by atomic mass is 10.2. The van der Waals surface area contributed by atoms with E-state index in [1.807, 2.05) is 5.10 Å². The first-order valence-electron chi connectivity index (χ1n) is 3.80. The SMILES string of the molecule is Nc1nc(-c2cn[nH]c2C(F)(F)F)cs1. The Labute approximate surface area is 85.9 Å². The van der Waals surface area contributed by atoms with Crippen molar-refractivity contribution >= 4 is 16.5 Å². The van der Waals surface area contributed by atoms with Gasteiger partial charge in [-0.2, -0.15) is 18.3 Å². The number of aromatic nitrogens is 3. The van der Waals surface area contributed by atoms with E-state index in [1.54, 1.807) is 0 Å². The quantitative estimate of drug-likeness (QED) is 0.794. The van der Waals surface area contributed by atoms with E-state index in [1.165, 1.54) is 5.38 Å². The largest absolute Gasteiger partial charge is 0.433 e. The lowest BCUT2D eigenvalue weighted by Gasteiger charge is -2.04. The molecule has 2 heterocycles. The molecule has 2 aromatic heterocycles. The Morgan fingerprint density at radius 3 is 2.67 bits per heavy atom. The van der Waals surface area contributed by atoms with Gasteiger partial charge in [0.1, 0.15) is 5.69 Å². The van der Waals surface area contributed by atoms with Crippen molar-refractivity contribution in [2.45, 2.75) is 6.18 Å². The van der Waals surface area contributed by atoms with Crippen molar-refractivity contribution in [2.75, 3.05) is 5.73 Å². The Balaban J connectivity index is 2.50. The van der Waals surface area contributed by atoms with Gasteiger partial charge in [-0.05, 0) is 0 Å². The van der Waals surface area contributed by atoms with Crippen LogP contribution in [0.3, 0.4) is 0 Å². The fraction of sp³-hybridized carbons (Fsp3) is 0.143. The van der Waals surface area contributed by atoms with E-state index in [2.05, 4.69) is 10.1 Å². The van der Waals surface area contributed by atoms with Gasteiger partial charge in [0.05, 0.1) is 17.5 Å². The van der Waals surface area contributed by atoms with Gasteiger partial charge in [-0.15, -0.1) is 11.3 Å². The highest BCUT2D eigenvalue weighted by Crippen LogP contribution is 2.35. The van der Waals surface area contributed by atoms with Crippen LogP contribution in [0.1, 0.15) is 5.69 Å². The molecule has 0 aliphatic rings. The number of H-pyrrole nitrogens is 1. The highest BCUT2D eigenvalue weighted by atomic mass is 32.1. The van der Waals surface area contributed by atoms with Gasteiger partial charge in [-0.1, -0.05) is 0 Å². The number of nitrogens with one attached hydrogen (secondary N) is 1. The molecule has 0 spiro atoms. The maximum absolute atomic E-state index is 12.4. The Morgan fingerprint density at radius 2 is 2.13 bits per heavy atom. The second kappa shape index (κ2) is 3.23. The van der Waals surface area contributed by atoms with E-state index in [-0.39, 0.29) is 16.4 Å². The van der Waals surface area contributed by atoms with Crippen LogP contribution in [-0.2, 0) is 6.18 Å². The molecule has 0 fully saturated rings. The number of nitrogens with zero attached hydrogens (tertiary/aromatic N) is 2. The summed E-state index contributed by atoms with van der Waals surface area (Å²) < 4.78 is 37.3. The molecule has 0 bridgehead atoms. The number of alkyl halides is 3. The summed E-state index contributed by atoms with van der Waals surface area (Å²) in [5, 5.41) is 6.93. The fourth-order valence-corrected chi connectivity index (χ4v) is 1.67. The molecule has 0 aliphatic carbocycles. The first kappa shape index (κ1) is 9.97. The number of hydrogen-bond acceptors (Lipinski definition) is 4. The second-order valence-electron chi connectivity index (χ2n) is 2.73. The zero-order chi connectivity index (χ0) is 11.1. The third kappa shape index (κ3) is 1.80. The van der Waals surface area contributed by atoms with E-state index in [0.29, 0.717) is 0 Å². The Morgan fingerprint density at radius 1 is 1.40 bits per heavy atom. The molecular weight excluding hydrogens is 229 g/mol. The number of anilines is 1. The molecule has 0 aliphatic heterocycles. The Kier molecular flexibility index (Phi) is 2.14. The summed E-state index contributed by atoms with van der Waals surface area (Å²) in [4.78, 5) is 3.76. The van der Waals surface area contributed by atoms with Crippen LogP contribution < -0.4 is 5.73 Å². The molecule has 2 aromatic rings. The summed E-state index contributed by atoms with van der Waals surface area (Å²) >= 11 is 1.08. The van der Waals surface area contributed by atoms with Crippen molar-refractivity contribution < 1.29 is 13.2 Å². The van der Waals surface area contributed by atoms with Gasteiger partial charge in [0, 0.05) is 5.38 Å². The number of hydrogen-bond donors (Lipinski definition) is 2. The van der Waals surface area contributed by atoms with Crippen molar-refractivity contribution in [3.05, 3.63) is 17.3 Å². The zero-order valence-corrected chi connectivity index (χ0v) is 7.99. The smallest absolute Gasteiger partial charge is 0.375 e. The third-order valence-electron chi connectivity index (χ3n) is 1.72. The van der Waals surface area contributed by atoms with Crippen LogP contribution in [-0.4, -0.2) is 15.2 Å². The predicted molar refractivity (Wildman–Crippen MR) is 49.1 cm³/mol. The topological polar surface area (TPSA) is 67.6 Å². The highest BCUT2D eigenvalue weighted by molar-refractivity contribution is 7.13. The van der Waals surface area contributed by atoms with Crippen LogP contribution >= 0.6 is 11.3 Å². The van der Waals surface area contributed by atoms with Crippen LogP contribution in [0.15, 0.2) is 11.6 Å². The van der Waals surface area contributed by atoms with E-state index >= 15 is 0 Å². The third-order valence-corrected chi connectivity index (χ3v) is 2.39. The first-order chi connectivity index (χ1) is 6.98. The average molecular weight is 234 g/mol. The number of nitrogen functional groups attached to an aromatic ring is 1. The molecule has 2 rings (SSSR count). The number of thiazole rings is 1. The standard InChI is InChI=1S/C7H5F3N4S/c8-7(9,10)5-3(1-12-14-5)4-2-15-6(11)13-4/h1-2H,(H2,11,13)(H,12,14). The normalized spacial score (nSPS) is 11.9. The molecule has 80 valence electrons. The number of nitrogens with two attached hydrogens (primary N) is 1. The second-order valence-corrected chi connectivity index (χ2v) is 3.62. The minimum Gasteiger partial charge on any atom is -0.375 e. The maximum atomic E-state index is 12.4. The Hall–Kier alpha value is -1.57. The molecule has 0 aromatic carbocycles. The molecule has 4 nitrogen and oxygen atoms in total. The average Bonchev–Trinajstić information content (AvgIpc) is 2.68. The molecule has 15 heavy (non-hydrogen) atoms. The van der Waals surface area contributed by atoms with Gasteiger partial charge in [0.25, 0.3) is 0 Å². The number of aromatic amines is 1. The molecular formula is C7H5F3N4S. The summed E-state index contributed by atoms with van der Waals surface area (Å²) in [5.41, 5.74) is 4.52. The van der Waals surface area contributed by atoms with Gasteiger partial charge < -0.3 is 5.73 Å². The van der Waals surface area contributed by atoms with Crippen molar-refractivity contribution in [3.8, 4) is 11.3 Å². The summed E-state index contributed by atoms with van der Waals surface area (Å²) in [6.45, 7) is 0. The molecule has 0 atom stereocenters. The van der Waals surface area contributed by atoms with E-state index in [0.717, 1.165) is 17.5 Å². The van der Waals surface area contributed by atoms with E-state index < -0.39 is 11.9 Å². The lowest BCUT2D eigenvalue weighted by Crippen LogP contribution is -2.07. The first-order valence-corrected chi connectivity index (χ1v) is 4.68. The molecule has 8 heteroatoms. The summed E-state index contributed by atoms with van der Waals surface area (Å²) in [6, 6.07) is 0. The lowest BCUT2D eigenvalue weighted by molar-refractivity contribution is -0.140. The van der Waals surface area contributed by atoms with Gasteiger partial charge in [-0.25, -0.2) is 4.98 Å². The fourth-order valence-electron chi connectivity index (χ4n) is 1.11. The zero-order valence-electron chi connectivity index (χ0n) is 7.17. The molecule has 0 saturated carbocycles. The molecule has 3 N–H and O–H groups in total.